The Morgan fingerprint density at radius 2 is 1.76 bits per heavy atom. The Bertz CT molecular complexity index is 509. The van der Waals surface area contributed by atoms with Gasteiger partial charge in [-0.05, 0) is 86.4 Å². The summed E-state index contributed by atoms with van der Waals surface area (Å²) < 4.78 is 0. The molecule has 3 aliphatic rings. The van der Waals surface area contributed by atoms with Gasteiger partial charge in [-0.2, -0.15) is 0 Å². The molecular formula is C21H37NO3. The van der Waals surface area contributed by atoms with Gasteiger partial charge in [-0.15, -0.1) is 0 Å². The highest BCUT2D eigenvalue weighted by Crippen LogP contribution is 2.63. The Morgan fingerprint density at radius 3 is 2.36 bits per heavy atom. The minimum absolute atomic E-state index is 0.0132. The molecule has 0 aromatic rings. The van der Waals surface area contributed by atoms with Gasteiger partial charge in [0, 0.05) is 6.61 Å². The standard InChI is InChI=1S/C21H37NO3/c1-13(2)16-5-6-17-19(25-22)18(8-10-21(16,17)4)20(3)9-7-15(24)11-14(20)12-23/h14-19,23-24H,1,5-12,22H2,2-4H3/t14-,15+,16-,17?,18?,19+,20+,21-/m1/s1. The minimum Gasteiger partial charge on any atom is -0.396 e. The first kappa shape index (κ1) is 19.3. The van der Waals surface area contributed by atoms with Crippen LogP contribution in [0.4, 0.5) is 0 Å². The van der Waals surface area contributed by atoms with Crippen molar-refractivity contribution in [3.05, 3.63) is 12.2 Å². The monoisotopic (exact) mass is 351 g/mol. The molecule has 3 saturated carbocycles. The van der Waals surface area contributed by atoms with Crippen LogP contribution in [-0.2, 0) is 4.84 Å². The summed E-state index contributed by atoms with van der Waals surface area (Å²) >= 11 is 0. The number of aliphatic hydroxyl groups excluding tert-OH is 2. The van der Waals surface area contributed by atoms with Crippen LogP contribution in [0.3, 0.4) is 0 Å². The smallest absolute Gasteiger partial charge is 0.0854 e. The van der Waals surface area contributed by atoms with Gasteiger partial charge in [0.2, 0.25) is 0 Å². The van der Waals surface area contributed by atoms with Crippen molar-refractivity contribution in [1.29, 1.82) is 0 Å². The number of nitrogens with two attached hydrogens (primary N) is 1. The van der Waals surface area contributed by atoms with Crippen LogP contribution in [0.5, 0.6) is 0 Å². The fourth-order valence-electron chi connectivity index (χ4n) is 6.95. The van der Waals surface area contributed by atoms with Crippen LogP contribution < -0.4 is 5.90 Å². The van der Waals surface area contributed by atoms with Crippen LogP contribution in [-0.4, -0.2) is 29.0 Å². The molecule has 0 aliphatic heterocycles. The zero-order valence-corrected chi connectivity index (χ0v) is 16.2. The van der Waals surface area contributed by atoms with E-state index in [2.05, 4.69) is 27.4 Å². The molecule has 4 nitrogen and oxygen atoms in total. The van der Waals surface area contributed by atoms with Gasteiger partial charge >= 0.3 is 0 Å². The molecule has 0 aromatic heterocycles. The molecule has 0 spiro atoms. The summed E-state index contributed by atoms with van der Waals surface area (Å²) in [7, 11) is 0. The highest BCUT2D eigenvalue weighted by molar-refractivity contribution is 5.14. The van der Waals surface area contributed by atoms with E-state index in [0.29, 0.717) is 24.2 Å². The number of hydrogen-bond acceptors (Lipinski definition) is 4. The lowest BCUT2D eigenvalue weighted by molar-refractivity contribution is -0.159. The van der Waals surface area contributed by atoms with Gasteiger partial charge in [0.1, 0.15) is 0 Å². The largest absolute Gasteiger partial charge is 0.396 e. The Hall–Kier alpha value is -0.420. The molecular weight excluding hydrogens is 314 g/mol. The van der Waals surface area contributed by atoms with E-state index in [1.54, 1.807) is 0 Å². The highest BCUT2D eigenvalue weighted by atomic mass is 16.6. The minimum atomic E-state index is -0.282. The van der Waals surface area contributed by atoms with Crippen LogP contribution in [0.1, 0.15) is 65.7 Å². The topological polar surface area (TPSA) is 75.7 Å². The van der Waals surface area contributed by atoms with Gasteiger partial charge in [0.05, 0.1) is 12.2 Å². The maximum Gasteiger partial charge on any atom is 0.0854 e. The van der Waals surface area contributed by atoms with E-state index in [-0.39, 0.29) is 35.6 Å². The van der Waals surface area contributed by atoms with E-state index in [0.717, 1.165) is 25.7 Å². The van der Waals surface area contributed by atoms with Crippen molar-refractivity contribution in [2.75, 3.05) is 6.61 Å². The summed E-state index contributed by atoms with van der Waals surface area (Å²) in [6.45, 7) is 11.2. The Labute approximate surface area is 152 Å². The summed E-state index contributed by atoms with van der Waals surface area (Å²) in [6, 6.07) is 0. The third-order valence-electron chi connectivity index (χ3n) is 8.52. The van der Waals surface area contributed by atoms with Gasteiger partial charge in [-0.1, -0.05) is 26.0 Å². The predicted molar refractivity (Wildman–Crippen MR) is 99.5 cm³/mol. The zero-order chi connectivity index (χ0) is 18.4. The molecule has 0 saturated heterocycles. The van der Waals surface area contributed by atoms with Crippen molar-refractivity contribution >= 4 is 0 Å². The van der Waals surface area contributed by atoms with E-state index < -0.39 is 0 Å². The van der Waals surface area contributed by atoms with E-state index in [4.69, 9.17) is 10.7 Å². The molecule has 4 heteroatoms. The van der Waals surface area contributed by atoms with Crippen LogP contribution >= 0.6 is 0 Å². The first-order valence-electron chi connectivity index (χ1n) is 10.1. The molecule has 25 heavy (non-hydrogen) atoms. The molecule has 0 radical (unpaired) electrons. The van der Waals surface area contributed by atoms with Crippen LogP contribution in [0, 0.1) is 34.5 Å². The summed E-state index contributed by atoms with van der Waals surface area (Å²) in [5, 5.41) is 20.1. The lowest BCUT2D eigenvalue weighted by Crippen LogP contribution is -2.55. The summed E-state index contributed by atoms with van der Waals surface area (Å²) in [6.07, 6.45) is 6.80. The zero-order valence-electron chi connectivity index (χ0n) is 16.2. The Kier molecular flexibility index (Phi) is 5.38. The molecule has 0 bridgehead atoms. The summed E-state index contributed by atoms with van der Waals surface area (Å²) in [4.78, 5) is 5.68. The second-order valence-electron chi connectivity index (χ2n) is 9.65. The molecule has 144 valence electrons. The van der Waals surface area contributed by atoms with Crippen LogP contribution in [0.2, 0.25) is 0 Å². The molecule has 3 rings (SSSR count). The SMILES string of the molecule is C=C(C)[C@H]1CCC2[C@H](ON)C([C@@]3(C)CC[C@H](O)C[C@@H]3CO)CC[C@@]21C. The fourth-order valence-corrected chi connectivity index (χ4v) is 6.95. The van der Waals surface area contributed by atoms with E-state index in [1.165, 1.54) is 18.4 Å². The van der Waals surface area contributed by atoms with E-state index in [9.17, 15) is 10.2 Å². The normalized spacial score (nSPS) is 50.5. The van der Waals surface area contributed by atoms with Gasteiger partial charge in [0.15, 0.2) is 0 Å². The quantitative estimate of drug-likeness (QED) is 0.536. The first-order valence-corrected chi connectivity index (χ1v) is 10.1. The fraction of sp³-hybridized carbons (Fsp3) is 0.905. The number of allylic oxidation sites excluding steroid dienone is 1. The third kappa shape index (κ3) is 2.99. The van der Waals surface area contributed by atoms with Crippen molar-refractivity contribution in [2.24, 2.45) is 40.4 Å². The second kappa shape index (κ2) is 6.95. The maximum atomic E-state index is 10.1. The number of hydrogen-bond donors (Lipinski definition) is 3. The summed E-state index contributed by atoms with van der Waals surface area (Å²) in [5.41, 5.74) is 1.51. The molecule has 4 N–H and O–H groups in total. The first-order chi connectivity index (χ1) is 11.8. The molecule has 3 fully saturated rings. The van der Waals surface area contributed by atoms with Crippen molar-refractivity contribution in [3.8, 4) is 0 Å². The highest BCUT2D eigenvalue weighted by Gasteiger charge is 2.59. The van der Waals surface area contributed by atoms with Crippen molar-refractivity contribution in [2.45, 2.75) is 77.9 Å². The Balaban J connectivity index is 1.88. The molecule has 0 heterocycles. The number of aliphatic hydroxyl groups is 2. The predicted octanol–water partition coefficient (Wildman–Crippen LogP) is 3.42. The van der Waals surface area contributed by atoms with Gasteiger partial charge < -0.3 is 15.1 Å². The molecule has 3 aliphatic carbocycles. The van der Waals surface area contributed by atoms with Gasteiger partial charge in [0.25, 0.3) is 0 Å². The van der Waals surface area contributed by atoms with Crippen molar-refractivity contribution in [1.82, 2.24) is 0 Å². The Morgan fingerprint density at radius 1 is 1.12 bits per heavy atom. The lowest BCUT2D eigenvalue weighted by Gasteiger charge is -2.56. The van der Waals surface area contributed by atoms with E-state index >= 15 is 0 Å². The number of fused-ring (bicyclic) bond motifs is 1. The van der Waals surface area contributed by atoms with E-state index in [1.807, 2.05) is 0 Å². The second-order valence-corrected chi connectivity index (χ2v) is 9.65. The average molecular weight is 352 g/mol. The van der Waals surface area contributed by atoms with Crippen LogP contribution in [0.25, 0.3) is 0 Å². The lowest BCUT2D eigenvalue weighted by atomic mass is 9.51. The third-order valence-corrected chi connectivity index (χ3v) is 8.52. The van der Waals surface area contributed by atoms with Crippen molar-refractivity contribution in [3.63, 3.8) is 0 Å². The molecule has 8 atom stereocenters. The summed E-state index contributed by atoms with van der Waals surface area (Å²) in [5.74, 6) is 7.37. The van der Waals surface area contributed by atoms with Gasteiger partial charge in [-0.3, -0.25) is 0 Å². The number of rotatable bonds is 4. The molecule has 0 aromatic carbocycles. The maximum absolute atomic E-state index is 10.1. The van der Waals surface area contributed by atoms with Gasteiger partial charge in [-0.25, -0.2) is 5.90 Å². The average Bonchev–Trinajstić information content (AvgIpc) is 2.93. The van der Waals surface area contributed by atoms with Crippen molar-refractivity contribution < 1.29 is 15.1 Å². The van der Waals surface area contributed by atoms with Crippen LogP contribution in [0.15, 0.2) is 12.2 Å². The molecule has 2 unspecified atom stereocenters. The molecule has 0 amide bonds.